The topological polar surface area (TPSA) is 20.2 Å². The maximum atomic E-state index is 9.24. The minimum Gasteiger partial charge on any atom is -0.389 e. The summed E-state index contributed by atoms with van der Waals surface area (Å²) in [5, 5.41) is 9.24. The fourth-order valence-electron chi connectivity index (χ4n) is 0.655. The average molecular weight is 220 g/mol. The fraction of sp³-hybridized carbons (Fsp3) is 1.00. The first-order valence-corrected chi connectivity index (χ1v) is 4.72. The molecule has 0 amide bonds. The SMILES string of the molecule is CC(C)CCC(O)C(Cl)(Cl)Cl. The Balaban J connectivity index is 3.61. The Hall–Kier alpha value is 0.830. The van der Waals surface area contributed by atoms with E-state index in [0.717, 1.165) is 6.42 Å². The molecule has 0 radical (unpaired) electrons. The summed E-state index contributed by atoms with van der Waals surface area (Å²) >= 11 is 16.3. The Morgan fingerprint density at radius 3 is 1.91 bits per heavy atom. The van der Waals surface area contributed by atoms with E-state index < -0.39 is 9.90 Å². The molecule has 0 aromatic carbocycles. The second kappa shape index (κ2) is 4.76. The van der Waals surface area contributed by atoms with Crippen LogP contribution in [0.15, 0.2) is 0 Å². The van der Waals surface area contributed by atoms with Crippen LogP contribution in [0.5, 0.6) is 0 Å². The van der Waals surface area contributed by atoms with E-state index in [2.05, 4.69) is 13.8 Å². The summed E-state index contributed by atoms with van der Waals surface area (Å²) in [6, 6.07) is 0. The number of aliphatic hydroxyl groups is 1. The van der Waals surface area contributed by atoms with E-state index in [4.69, 9.17) is 34.8 Å². The average Bonchev–Trinajstić information content (AvgIpc) is 1.80. The summed E-state index contributed by atoms with van der Waals surface area (Å²) in [6.07, 6.45) is 0.554. The Labute approximate surface area is 82.6 Å². The van der Waals surface area contributed by atoms with Gasteiger partial charge in [0.25, 0.3) is 0 Å². The summed E-state index contributed by atoms with van der Waals surface area (Å²) in [4.78, 5) is 0. The molecule has 0 rings (SSSR count). The van der Waals surface area contributed by atoms with Crippen LogP contribution >= 0.6 is 34.8 Å². The summed E-state index contributed by atoms with van der Waals surface area (Å²) in [6.45, 7) is 4.12. The minimum absolute atomic E-state index is 0.525. The molecule has 0 fully saturated rings. The molecule has 68 valence electrons. The van der Waals surface area contributed by atoms with Crippen LogP contribution in [-0.2, 0) is 0 Å². The van der Waals surface area contributed by atoms with Crippen molar-refractivity contribution < 1.29 is 5.11 Å². The number of aliphatic hydroxyl groups excluding tert-OH is 1. The first kappa shape index (κ1) is 11.8. The lowest BCUT2D eigenvalue weighted by Crippen LogP contribution is -2.25. The van der Waals surface area contributed by atoms with Gasteiger partial charge in [-0.15, -0.1) is 0 Å². The highest BCUT2D eigenvalue weighted by atomic mass is 35.6. The van der Waals surface area contributed by atoms with Crippen molar-refractivity contribution in [2.45, 2.75) is 36.6 Å². The minimum atomic E-state index is -1.53. The number of hydrogen-bond acceptors (Lipinski definition) is 1. The van der Waals surface area contributed by atoms with Gasteiger partial charge in [0.2, 0.25) is 3.79 Å². The molecule has 0 aliphatic heterocycles. The zero-order chi connectivity index (χ0) is 9.07. The quantitative estimate of drug-likeness (QED) is 0.723. The third-order valence-corrected chi connectivity index (χ3v) is 2.15. The van der Waals surface area contributed by atoms with Crippen molar-refractivity contribution in [3.63, 3.8) is 0 Å². The zero-order valence-electron chi connectivity index (χ0n) is 6.65. The molecule has 0 spiro atoms. The number of rotatable bonds is 3. The van der Waals surface area contributed by atoms with Crippen molar-refractivity contribution >= 4 is 34.8 Å². The normalized spacial score (nSPS) is 15.5. The highest BCUT2D eigenvalue weighted by Gasteiger charge is 2.30. The van der Waals surface area contributed by atoms with E-state index >= 15 is 0 Å². The number of hydrogen-bond donors (Lipinski definition) is 1. The van der Waals surface area contributed by atoms with Crippen LogP contribution in [0.25, 0.3) is 0 Å². The molecule has 0 saturated heterocycles. The van der Waals surface area contributed by atoms with Crippen molar-refractivity contribution in [3.8, 4) is 0 Å². The Morgan fingerprint density at radius 1 is 1.18 bits per heavy atom. The van der Waals surface area contributed by atoms with Gasteiger partial charge in [-0.05, 0) is 18.8 Å². The molecule has 0 saturated carbocycles. The van der Waals surface area contributed by atoms with E-state index in [0.29, 0.717) is 12.3 Å². The molecule has 0 bridgehead atoms. The van der Waals surface area contributed by atoms with Crippen molar-refractivity contribution in [2.24, 2.45) is 5.92 Å². The van der Waals surface area contributed by atoms with Gasteiger partial charge in [-0.3, -0.25) is 0 Å². The van der Waals surface area contributed by atoms with Crippen LogP contribution < -0.4 is 0 Å². The van der Waals surface area contributed by atoms with Crippen LogP contribution in [0.1, 0.15) is 26.7 Å². The number of alkyl halides is 3. The highest BCUT2D eigenvalue weighted by Crippen LogP contribution is 2.32. The van der Waals surface area contributed by atoms with Gasteiger partial charge in [-0.25, -0.2) is 0 Å². The van der Waals surface area contributed by atoms with Crippen molar-refractivity contribution in [1.82, 2.24) is 0 Å². The molecule has 1 unspecified atom stereocenters. The fourth-order valence-corrected chi connectivity index (χ4v) is 0.982. The lowest BCUT2D eigenvalue weighted by Gasteiger charge is -2.19. The predicted octanol–water partition coefficient (Wildman–Crippen LogP) is 3.15. The van der Waals surface area contributed by atoms with Crippen LogP contribution in [0.2, 0.25) is 0 Å². The molecule has 0 aliphatic rings. The predicted molar refractivity (Wildman–Crippen MR) is 50.4 cm³/mol. The second-order valence-electron chi connectivity index (χ2n) is 3.03. The summed E-state index contributed by atoms with van der Waals surface area (Å²) in [5.74, 6) is 0.525. The maximum absolute atomic E-state index is 9.24. The monoisotopic (exact) mass is 218 g/mol. The van der Waals surface area contributed by atoms with Crippen molar-refractivity contribution in [3.05, 3.63) is 0 Å². The van der Waals surface area contributed by atoms with E-state index in [9.17, 15) is 5.11 Å². The third-order valence-electron chi connectivity index (χ3n) is 1.40. The Bertz CT molecular complexity index is 109. The van der Waals surface area contributed by atoms with Crippen molar-refractivity contribution in [1.29, 1.82) is 0 Å². The maximum Gasteiger partial charge on any atom is 0.216 e. The molecule has 4 heteroatoms. The number of halogens is 3. The molecule has 1 N–H and O–H groups in total. The van der Waals surface area contributed by atoms with Gasteiger partial charge in [-0.2, -0.15) is 0 Å². The largest absolute Gasteiger partial charge is 0.389 e. The highest BCUT2D eigenvalue weighted by molar-refractivity contribution is 6.68. The Morgan fingerprint density at radius 2 is 1.64 bits per heavy atom. The molecule has 0 aliphatic carbocycles. The van der Waals surface area contributed by atoms with Crippen LogP contribution in [0.4, 0.5) is 0 Å². The first-order chi connectivity index (χ1) is 4.84. The molecule has 1 nitrogen and oxygen atoms in total. The lowest BCUT2D eigenvalue weighted by molar-refractivity contribution is 0.160. The van der Waals surface area contributed by atoms with E-state index in [1.54, 1.807) is 0 Å². The van der Waals surface area contributed by atoms with Gasteiger partial charge in [0.1, 0.15) is 6.10 Å². The van der Waals surface area contributed by atoms with Gasteiger partial charge < -0.3 is 5.11 Å². The molecule has 0 aromatic rings. The summed E-state index contributed by atoms with van der Waals surface area (Å²) in [5.41, 5.74) is 0. The Kier molecular flexibility index (Phi) is 5.12. The van der Waals surface area contributed by atoms with E-state index in [1.807, 2.05) is 0 Å². The zero-order valence-corrected chi connectivity index (χ0v) is 8.92. The first-order valence-electron chi connectivity index (χ1n) is 3.59. The standard InChI is InChI=1S/C7H13Cl3O/c1-5(2)3-4-6(11)7(8,9)10/h5-6,11H,3-4H2,1-2H3. The van der Waals surface area contributed by atoms with Gasteiger partial charge in [0.15, 0.2) is 0 Å². The van der Waals surface area contributed by atoms with Crippen LogP contribution in [-0.4, -0.2) is 15.0 Å². The van der Waals surface area contributed by atoms with Crippen LogP contribution in [0, 0.1) is 5.92 Å². The van der Waals surface area contributed by atoms with Crippen LogP contribution in [0.3, 0.4) is 0 Å². The molecule has 0 heterocycles. The molecule has 0 aromatic heterocycles. The van der Waals surface area contributed by atoms with Gasteiger partial charge in [0, 0.05) is 0 Å². The smallest absolute Gasteiger partial charge is 0.216 e. The molecular formula is C7H13Cl3O. The third kappa shape index (κ3) is 6.03. The second-order valence-corrected chi connectivity index (χ2v) is 5.40. The van der Waals surface area contributed by atoms with Gasteiger partial charge in [0.05, 0.1) is 0 Å². The van der Waals surface area contributed by atoms with E-state index in [-0.39, 0.29) is 0 Å². The molecular weight excluding hydrogens is 206 g/mol. The molecule has 11 heavy (non-hydrogen) atoms. The molecule has 1 atom stereocenters. The van der Waals surface area contributed by atoms with Gasteiger partial charge in [-0.1, -0.05) is 48.7 Å². The lowest BCUT2D eigenvalue weighted by atomic mass is 10.1. The van der Waals surface area contributed by atoms with Gasteiger partial charge >= 0.3 is 0 Å². The van der Waals surface area contributed by atoms with E-state index in [1.165, 1.54) is 0 Å². The summed E-state index contributed by atoms with van der Waals surface area (Å²) in [7, 11) is 0. The van der Waals surface area contributed by atoms with Crippen molar-refractivity contribution in [2.75, 3.05) is 0 Å². The summed E-state index contributed by atoms with van der Waals surface area (Å²) < 4.78 is -1.53.